The minimum Gasteiger partial charge on any atom is -0.377 e. The van der Waals surface area contributed by atoms with Gasteiger partial charge in [0.25, 0.3) is 0 Å². The van der Waals surface area contributed by atoms with Crippen LogP contribution < -0.4 is 0 Å². The topological polar surface area (TPSA) is 12.5 Å². The molecular weight excluding hydrogens is 219 g/mol. The Hall–Kier alpha value is -0.290. The first-order valence-corrected chi connectivity index (χ1v) is 5.77. The van der Waals surface area contributed by atoms with Crippen LogP contribution in [0.15, 0.2) is 0 Å². The molecule has 16 heavy (non-hydrogen) atoms. The molecule has 0 amide bonds. The van der Waals surface area contributed by atoms with Crippen LogP contribution in [0.3, 0.4) is 0 Å². The monoisotopic (exact) mass is 239 g/mol. The van der Waals surface area contributed by atoms with Gasteiger partial charge in [0.2, 0.25) is 0 Å². The summed E-state index contributed by atoms with van der Waals surface area (Å²) in [6.07, 6.45) is -2.42. The molecule has 1 rings (SSSR count). The summed E-state index contributed by atoms with van der Waals surface area (Å²) in [5, 5.41) is 0. The number of rotatable bonds is 5. The first kappa shape index (κ1) is 13.8. The number of nitrogens with zero attached hydrogens (tertiary/aromatic N) is 1. The Morgan fingerprint density at radius 2 is 2.06 bits per heavy atom. The lowest BCUT2D eigenvalue weighted by Crippen LogP contribution is -2.33. The zero-order valence-corrected chi connectivity index (χ0v) is 9.89. The molecule has 1 aliphatic heterocycles. The molecule has 0 radical (unpaired) electrons. The molecule has 5 heteroatoms. The number of hydrogen-bond acceptors (Lipinski definition) is 2. The molecule has 2 nitrogen and oxygen atoms in total. The SMILES string of the molecule is CC(C)CCOC1CCN(CC(F)(F)F)C1. The molecule has 1 saturated heterocycles. The first-order valence-electron chi connectivity index (χ1n) is 5.77. The van der Waals surface area contributed by atoms with E-state index in [9.17, 15) is 13.2 Å². The minimum atomic E-state index is -4.09. The van der Waals surface area contributed by atoms with Gasteiger partial charge in [0.15, 0.2) is 0 Å². The quantitative estimate of drug-likeness (QED) is 0.731. The average molecular weight is 239 g/mol. The van der Waals surface area contributed by atoms with Crippen molar-refractivity contribution >= 4 is 0 Å². The van der Waals surface area contributed by atoms with Gasteiger partial charge in [-0.15, -0.1) is 0 Å². The molecule has 0 aromatic heterocycles. The van der Waals surface area contributed by atoms with Gasteiger partial charge in [-0.05, 0) is 18.8 Å². The molecule has 0 aliphatic carbocycles. The summed E-state index contributed by atoms with van der Waals surface area (Å²) in [6.45, 7) is 4.96. The second-order valence-corrected chi connectivity index (χ2v) is 4.81. The Balaban J connectivity index is 2.15. The molecule has 0 bridgehead atoms. The maximum Gasteiger partial charge on any atom is 0.401 e. The van der Waals surface area contributed by atoms with Crippen LogP contribution in [0.25, 0.3) is 0 Å². The molecule has 1 fully saturated rings. The largest absolute Gasteiger partial charge is 0.401 e. The Kier molecular flexibility index (Phi) is 5.05. The van der Waals surface area contributed by atoms with Crippen molar-refractivity contribution in [3.63, 3.8) is 0 Å². The highest BCUT2D eigenvalue weighted by Gasteiger charge is 2.34. The van der Waals surface area contributed by atoms with E-state index in [2.05, 4.69) is 13.8 Å². The van der Waals surface area contributed by atoms with E-state index in [0.29, 0.717) is 32.0 Å². The second kappa shape index (κ2) is 5.87. The highest BCUT2D eigenvalue weighted by Crippen LogP contribution is 2.21. The minimum absolute atomic E-state index is 0.0129. The Morgan fingerprint density at radius 1 is 1.38 bits per heavy atom. The second-order valence-electron chi connectivity index (χ2n) is 4.81. The van der Waals surface area contributed by atoms with Crippen LogP contribution in [-0.2, 0) is 4.74 Å². The summed E-state index contributed by atoms with van der Waals surface area (Å²) < 4.78 is 41.9. The van der Waals surface area contributed by atoms with Gasteiger partial charge in [-0.25, -0.2) is 0 Å². The van der Waals surface area contributed by atoms with E-state index in [-0.39, 0.29) is 6.10 Å². The predicted molar refractivity (Wildman–Crippen MR) is 56.3 cm³/mol. The molecule has 0 N–H and O–H groups in total. The van der Waals surface area contributed by atoms with Crippen molar-refractivity contribution in [1.29, 1.82) is 0 Å². The number of alkyl halides is 3. The van der Waals surface area contributed by atoms with Crippen LogP contribution in [0.5, 0.6) is 0 Å². The van der Waals surface area contributed by atoms with Crippen molar-refractivity contribution in [2.75, 3.05) is 26.2 Å². The Labute approximate surface area is 94.8 Å². The number of hydrogen-bond donors (Lipinski definition) is 0. The molecule has 1 aliphatic rings. The van der Waals surface area contributed by atoms with Gasteiger partial charge in [0.1, 0.15) is 0 Å². The zero-order chi connectivity index (χ0) is 12.2. The molecule has 1 atom stereocenters. The molecule has 0 spiro atoms. The smallest absolute Gasteiger partial charge is 0.377 e. The molecule has 1 unspecified atom stereocenters. The molecule has 0 saturated carbocycles. The van der Waals surface area contributed by atoms with E-state index >= 15 is 0 Å². The van der Waals surface area contributed by atoms with E-state index in [0.717, 1.165) is 6.42 Å². The maximum absolute atomic E-state index is 12.1. The maximum atomic E-state index is 12.1. The van der Waals surface area contributed by atoms with Gasteiger partial charge >= 0.3 is 6.18 Å². The van der Waals surface area contributed by atoms with Crippen molar-refractivity contribution in [2.24, 2.45) is 5.92 Å². The van der Waals surface area contributed by atoms with Crippen LogP contribution in [0.2, 0.25) is 0 Å². The summed E-state index contributed by atoms with van der Waals surface area (Å²) in [4.78, 5) is 1.42. The number of halogens is 3. The van der Waals surface area contributed by atoms with Crippen LogP contribution >= 0.6 is 0 Å². The third kappa shape index (κ3) is 5.70. The van der Waals surface area contributed by atoms with Gasteiger partial charge < -0.3 is 4.74 Å². The molecule has 1 heterocycles. The van der Waals surface area contributed by atoms with Crippen LogP contribution in [0.1, 0.15) is 26.7 Å². The fourth-order valence-corrected chi connectivity index (χ4v) is 1.80. The molecular formula is C11H20F3NO. The third-order valence-corrected chi connectivity index (χ3v) is 2.68. The average Bonchev–Trinajstić information content (AvgIpc) is 2.48. The lowest BCUT2D eigenvalue weighted by atomic mass is 10.1. The van der Waals surface area contributed by atoms with Gasteiger partial charge in [-0.1, -0.05) is 13.8 Å². The fraction of sp³-hybridized carbons (Fsp3) is 1.00. The number of likely N-dealkylation sites (tertiary alicyclic amines) is 1. The first-order chi connectivity index (χ1) is 7.37. The normalized spacial score (nSPS) is 23.2. The summed E-state index contributed by atoms with van der Waals surface area (Å²) in [5.41, 5.74) is 0. The summed E-state index contributed by atoms with van der Waals surface area (Å²) in [6, 6.07) is 0. The van der Waals surface area contributed by atoms with Gasteiger partial charge in [-0.3, -0.25) is 4.90 Å². The molecule has 96 valence electrons. The summed E-state index contributed by atoms with van der Waals surface area (Å²) in [7, 11) is 0. The van der Waals surface area contributed by atoms with E-state index < -0.39 is 12.7 Å². The van der Waals surface area contributed by atoms with Crippen LogP contribution in [-0.4, -0.2) is 43.4 Å². The van der Waals surface area contributed by atoms with E-state index in [1.54, 1.807) is 0 Å². The van der Waals surface area contributed by atoms with Crippen LogP contribution in [0, 0.1) is 5.92 Å². The lowest BCUT2D eigenvalue weighted by molar-refractivity contribution is -0.144. The van der Waals surface area contributed by atoms with Crippen molar-refractivity contribution < 1.29 is 17.9 Å². The lowest BCUT2D eigenvalue weighted by Gasteiger charge is -2.18. The molecule has 0 aromatic rings. The Bertz CT molecular complexity index is 206. The fourth-order valence-electron chi connectivity index (χ4n) is 1.80. The highest BCUT2D eigenvalue weighted by molar-refractivity contribution is 4.77. The van der Waals surface area contributed by atoms with Crippen molar-refractivity contribution in [2.45, 2.75) is 39.0 Å². The van der Waals surface area contributed by atoms with Gasteiger partial charge in [0, 0.05) is 19.7 Å². The van der Waals surface area contributed by atoms with E-state index in [4.69, 9.17) is 4.74 Å². The van der Waals surface area contributed by atoms with Crippen LogP contribution in [0.4, 0.5) is 13.2 Å². The number of ether oxygens (including phenoxy) is 1. The van der Waals surface area contributed by atoms with E-state index in [1.807, 2.05) is 0 Å². The third-order valence-electron chi connectivity index (χ3n) is 2.68. The van der Waals surface area contributed by atoms with E-state index in [1.165, 1.54) is 4.90 Å². The van der Waals surface area contributed by atoms with Crippen molar-refractivity contribution in [3.8, 4) is 0 Å². The van der Waals surface area contributed by atoms with Gasteiger partial charge in [0.05, 0.1) is 12.6 Å². The predicted octanol–water partition coefficient (Wildman–Crippen LogP) is 2.69. The summed E-state index contributed by atoms with van der Waals surface area (Å²) >= 11 is 0. The molecule has 0 aromatic carbocycles. The standard InChI is InChI=1S/C11H20F3NO/c1-9(2)4-6-16-10-3-5-15(7-10)8-11(12,13)14/h9-10H,3-8H2,1-2H3. The van der Waals surface area contributed by atoms with Gasteiger partial charge in [-0.2, -0.15) is 13.2 Å². The summed E-state index contributed by atoms with van der Waals surface area (Å²) in [5.74, 6) is 0.577. The Morgan fingerprint density at radius 3 is 2.62 bits per heavy atom. The van der Waals surface area contributed by atoms with Crippen molar-refractivity contribution in [3.05, 3.63) is 0 Å². The zero-order valence-electron chi connectivity index (χ0n) is 9.89. The van der Waals surface area contributed by atoms with Crippen molar-refractivity contribution in [1.82, 2.24) is 4.90 Å². The highest BCUT2D eigenvalue weighted by atomic mass is 19.4.